The maximum absolute atomic E-state index is 13.2. The molecule has 202 valence electrons. The Bertz CT molecular complexity index is 763. The van der Waals surface area contributed by atoms with Crippen molar-refractivity contribution < 1.29 is 48.5 Å². The summed E-state index contributed by atoms with van der Waals surface area (Å²) in [5, 5.41) is 33.1. The summed E-state index contributed by atoms with van der Waals surface area (Å²) in [4.78, 5) is 13.2. The lowest BCUT2D eigenvalue weighted by atomic mass is 9.72. The number of aliphatic hydroxyl groups excluding tert-OH is 3. The summed E-state index contributed by atoms with van der Waals surface area (Å²) in [7, 11) is 2.93. The van der Waals surface area contributed by atoms with Gasteiger partial charge in [0.1, 0.15) is 19.0 Å². The standard InChI is InChI=1S/C24H41NO10/c1-12-9-24(31-7,35-14(3)13(12)2)19(28)21(29)25-22-18-17(32-11-33-22)20(30-6)23(4,5)16(34-18)8-15(27)10-26/h13-20,22,26-28H,1,8-11H2,2-7H3,(H,25,29)/t13-,14-,15+,16-,17?,18+,19+,20-,22+,24-/m1/s1. The molecule has 0 aromatic rings. The van der Waals surface area contributed by atoms with E-state index in [1.807, 2.05) is 27.7 Å². The minimum absolute atomic E-state index is 0.0456. The Hall–Kier alpha value is -1.15. The van der Waals surface area contributed by atoms with Crippen LogP contribution in [0.15, 0.2) is 12.2 Å². The second-order valence-electron chi connectivity index (χ2n) is 10.3. The maximum Gasteiger partial charge on any atom is 0.256 e. The number of rotatable bonds is 8. The topological polar surface area (TPSA) is 145 Å². The third-order valence-corrected chi connectivity index (χ3v) is 7.77. The number of carbonyl (C=O) groups is 1. The van der Waals surface area contributed by atoms with Crippen LogP contribution in [0.2, 0.25) is 0 Å². The largest absolute Gasteiger partial charge is 0.394 e. The number of fused-ring (bicyclic) bond motifs is 1. The Balaban J connectivity index is 1.79. The second-order valence-corrected chi connectivity index (χ2v) is 10.3. The molecule has 10 atom stereocenters. The Morgan fingerprint density at radius 1 is 1.23 bits per heavy atom. The van der Waals surface area contributed by atoms with Gasteiger partial charge in [-0.1, -0.05) is 32.9 Å². The highest BCUT2D eigenvalue weighted by atomic mass is 16.7. The van der Waals surface area contributed by atoms with Gasteiger partial charge in [0.25, 0.3) is 5.91 Å². The molecule has 35 heavy (non-hydrogen) atoms. The third kappa shape index (κ3) is 5.43. The monoisotopic (exact) mass is 503 g/mol. The zero-order valence-corrected chi connectivity index (χ0v) is 21.4. The summed E-state index contributed by atoms with van der Waals surface area (Å²) in [6, 6.07) is 0. The summed E-state index contributed by atoms with van der Waals surface area (Å²) in [5.74, 6) is -2.30. The van der Waals surface area contributed by atoms with E-state index < -0.39 is 66.6 Å². The molecule has 3 aliphatic heterocycles. The van der Waals surface area contributed by atoms with Gasteiger partial charge in [-0.05, 0) is 6.92 Å². The molecular formula is C24H41NO10. The van der Waals surface area contributed by atoms with E-state index >= 15 is 0 Å². The van der Waals surface area contributed by atoms with Crippen molar-refractivity contribution in [3.63, 3.8) is 0 Å². The van der Waals surface area contributed by atoms with E-state index in [-0.39, 0.29) is 31.7 Å². The lowest BCUT2D eigenvalue weighted by Gasteiger charge is -2.54. The minimum atomic E-state index is -1.67. The number of hydrogen-bond acceptors (Lipinski definition) is 10. The minimum Gasteiger partial charge on any atom is -0.394 e. The van der Waals surface area contributed by atoms with Crippen molar-refractivity contribution in [1.82, 2.24) is 5.32 Å². The SMILES string of the molecule is C=C1C[C@](OC)([C@@H](O)C(=O)N[C@H]2OCOC3[C@@H](OC)C(C)(C)[C@@H](C[C@H](O)CO)O[C@@H]32)O[C@H](C)[C@@H]1C. The van der Waals surface area contributed by atoms with Crippen molar-refractivity contribution in [2.24, 2.45) is 11.3 Å². The number of carbonyl (C=O) groups excluding carboxylic acids is 1. The van der Waals surface area contributed by atoms with E-state index in [0.29, 0.717) is 0 Å². The van der Waals surface area contributed by atoms with E-state index in [2.05, 4.69) is 11.9 Å². The van der Waals surface area contributed by atoms with Crippen LogP contribution in [0.4, 0.5) is 0 Å². The van der Waals surface area contributed by atoms with Gasteiger partial charge >= 0.3 is 0 Å². The molecule has 0 aliphatic carbocycles. The molecule has 11 nitrogen and oxygen atoms in total. The maximum atomic E-state index is 13.2. The fraction of sp³-hybridized carbons (Fsp3) is 0.875. The van der Waals surface area contributed by atoms with E-state index in [1.54, 1.807) is 7.11 Å². The van der Waals surface area contributed by atoms with Gasteiger partial charge in [0.2, 0.25) is 5.79 Å². The van der Waals surface area contributed by atoms with Crippen LogP contribution in [0.5, 0.6) is 0 Å². The van der Waals surface area contributed by atoms with Crippen molar-refractivity contribution in [2.45, 2.75) is 95.3 Å². The van der Waals surface area contributed by atoms with Crippen molar-refractivity contribution >= 4 is 5.91 Å². The Kier molecular flexibility index (Phi) is 8.99. The first kappa shape index (κ1) is 28.4. The van der Waals surface area contributed by atoms with E-state index in [0.717, 1.165) is 5.57 Å². The zero-order chi connectivity index (χ0) is 26.1. The molecule has 0 aromatic heterocycles. The average Bonchev–Trinajstić information content (AvgIpc) is 2.82. The highest BCUT2D eigenvalue weighted by Crippen LogP contribution is 2.44. The summed E-state index contributed by atoms with van der Waals surface area (Å²) in [5.41, 5.74) is 0.228. The van der Waals surface area contributed by atoms with Crippen LogP contribution >= 0.6 is 0 Å². The van der Waals surface area contributed by atoms with Crippen molar-refractivity contribution in [2.75, 3.05) is 27.6 Å². The number of amides is 1. The lowest BCUT2D eigenvalue weighted by molar-refractivity contribution is -0.333. The molecule has 0 bridgehead atoms. The van der Waals surface area contributed by atoms with Crippen LogP contribution in [-0.2, 0) is 33.2 Å². The van der Waals surface area contributed by atoms with Crippen LogP contribution in [0.3, 0.4) is 0 Å². The van der Waals surface area contributed by atoms with Gasteiger partial charge in [0, 0.05) is 38.4 Å². The van der Waals surface area contributed by atoms with Crippen LogP contribution in [0, 0.1) is 11.3 Å². The summed E-state index contributed by atoms with van der Waals surface area (Å²) in [6.07, 6.45) is -6.03. The number of ether oxygens (including phenoxy) is 6. The molecule has 3 heterocycles. The predicted octanol–water partition coefficient (Wildman–Crippen LogP) is 0.0582. The van der Waals surface area contributed by atoms with Crippen LogP contribution in [0.25, 0.3) is 0 Å². The predicted molar refractivity (Wildman–Crippen MR) is 123 cm³/mol. The molecular weight excluding hydrogens is 462 g/mol. The molecule has 1 unspecified atom stereocenters. The molecule has 3 fully saturated rings. The highest BCUT2D eigenvalue weighted by molar-refractivity contribution is 5.82. The first-order chi connectivity index (χ1) is 16.4. The Labute approximate surface area is 206 Å². The number of nitrogens with one attached hydrogen (secondary N) is 1. The van der Waals surface area contributed by atoms with Crippen molar-refractivity contribution in [1.29, 1.82) is 0 Å². The van der Waals surface area contributed by atoms with Crippen LogP contribution in [0.1, 0.15) is 40.5 Å². The molecule has 0 aromatic carbocycles. The lowest BCUT2D eigenvalue weighted by Crippen LogP contribution is -2.69. The van der Waals surface area contributed by atoms with Gasteiger partial charge in [-0.2, -0.15) is 0 Å². The first-order valence-electron chi connectivity index (χ1n) is 12.0. The Morgan fingerprint density at radius 2 is 1.91 bits per heavy atom. The van der Waals surface area contributed by atoms with E-state index in [9.17, 15) is 20.1 Å². The zero-order valence-electron chi connectivity index (χ0n) is 21.4. The quantitative estimate of drug-likeness (QED) is 0.336. The smallest absolute Gasteiger partial charge is 0.256 e. The molecule has 3 rings (SSSR count). The van der Waals surface area contributed by atoms with Crippen molar-refractivity contribution in [3.05, 3.63) is 12.2 Å². The summed E-state index contributed by atoms with van der Waals surface area (Å²) < 4.78 is 35.0. The Morgan fingerprint density at radius 3 is 2.49 bits per heavy atom. The second kappa shape index (κ2) is 11.1. The van der Waals surface area contributed by atoms with Gasteiger partial charge in [0.05, 0.1) is 31.0 Å². The van der Waals surface area contributed by atoms with Gasteiger partial charge in [-0.15, -0.1) is 0 Å². The number of aliphatic hydroxyl groups is 3. The molecule has 3 aliphatic rings. The summed E-state index contributed by atoms with van der Waals surface area (Å²) in [6.45, 7) is 11.2. The molecule has 0 spiro atoms. The van der Waals surface area contributed by atoms with Gasteiger partial charge in [0.15, 0.2) is 12.3 Å². The van der Waals surface area contributed by atoms with E-state index in [4.69, 9.17) is 28.4 Å². The number of hydrogen-bond donors (Lipinski definition) is 4. The molecule has 0 radical (unpaired) electrons. The summed E-state index contributed by atoms with van der Waals surface area (Å²) >= 11 is 0. The van der Waals surface area contributed by atoms with Gasteiger partial charge in [-0.25, -0.2) is 0 Å². The molecule has 11 heteroatoms. The fourth-order valence-electron chi connectivity index (χ4n) is 5.26. The first-order valence-corrected chi connectivity index (χ1v) is 12.0. The van der Waals surface area contributed by atoms with Crippen LogP contribution in [-0.4, -0.2) is 104 Å². The van der Waals surface area contributed by atoms with E-state index in [1.165, 1.54) is 7.11 Å². The van der Waals surface area contributed by atoms with Crippen molar-refractivity contribution in [3.8, 4) is 0 Å². The fourth-order valence-corrected chi connectivity index (χ4v) is 5.26. The molecule has 3 saturated heterocycles. The molecule has 4 N–H and O–H groups in total. The molecule has 1 amide bonds. The molecule has 0 saturated carbocycles. The average molecular weight is 504 g/mol. The van der Waals surface area contributed by atoms with Crippen LogP contribution < -0.4 is 5.32 Å². The normalized spacial score (nSPS) is 41.1. The number of methoxy groups -OCH3 is 2. The van der Waals surface area contributed by atoms with Gasteiger partial charge in [-0.3, -0.25) is 4.79 Å². The highest BCUT2D eigenvalue weighted by Gasteiger charge is 2.57. The third-order valence-electron chi connectivity index (χ3n) is 7.77. The van der Waals surface area contributed by atoms with Gasteiger partial charge < -0.3 is 49.1 Å².